The molecule has 3 heteroatoms. The minimum absolute atomic E-state index is 0.176. The van der Waals surface area contributed by atoms with Crippen molar-refractivity contribution in [2.75, 3.05) is 13.1 Å². The van der Waals surface area contributed by atoms with E-state index in [4.69, 9.17) is 0 Å². The molecule has 0 radical (unpaired) electrons. The van der Waals surface area contributed by atoms with Gasteiger partial charge in [0.05, 0.1) is 12.2 Å². The Morgan fingerprint density at radius 2 is 1.54 bits per heavy atom. The topological polar surface area (TPSA) is 25.2 Å². The van der Waals surface area contributed by atoms with E-state index in [1.165, 1.54) is 11.1 Å². The lowest BCUT2D eigenvalue weighted by atomic mass is 10.2. The van der Waals surface area contributed by atoms with Crippen LogP contribution in [-0.2, 0) is 13.1 Å². The monoisotopic (exact) mass is 346 g/mol. The van der Waals surface area contributed by atoms with Gasteiger partial charge in [-0.3, -0.25) is 9.69 Å². The third-order valence-electron chi connectivity index (χ3n) is 4.47. The number of hydrogen-bond acceptors (Lipinski definition) is 2. The molecule has 0 N–H and O–H groups in total. The molecule has 1 aromatic heterocycles. The van der Waals surface area contributed by atoms with Crippen molar-refractivity contribution in [1.82, 2.24) is 9.47 Å². The molecular weight excluding hydrogens is 320 g/mol. The van der Waals surface area contributed by atoms with E-state index in [9.17, 15) is 4.79 Å². The number of carbonyl (C=O) groups excluding carboxylic acids is 1. The van der Waals surface area contributed by atoms with E-state index in [1.807, 2.05) is 59.3 Å². The smallest absolute Gasteiger partial charge is 0.193 e. The standard InChI is InChI=1S/C23H26N2O/c1-2-15-24(17-20-10-5-3-6-11-20)19-23(26)22-14-9-16-25(22)18-21-12-7-4-8-13-21/h3-14,16H,2,15,17-19H2,1H3. The lowest BCUT2D eigenvalue weighted by molar-refractivity contribution is 0.0917. The second kappa shape index (κ2) is 9.16. The van der Waals surface area contributed by atoms with Gasteiger partial charge in [0, 0.05) is 19.3 Å². The first-order valence-electron chi connectivity index (χ1n) is 9.25. The van der Waals surface area contributed by atoms with Gasteiger partial charge < -0.3 is 4.57 Å². The van der Waals surface area contributed by atoms with Gasteiger partial charge in [0.1, 0.15) is 0 Å². The van der Waals surface area contributed by atoms with E-state index in [-0.39, 0.29) is 5.78 Å². The Morgan fingerprint density at radius 1 is 0.885 bits per heavy atom. The van der Waals surface area contributed by atoms with Gasteiger partial charge in [-0.2, -0.15) is 0 Å². The average molecular weight is 346 g/mol. The summed E-state index contributed by atoms with van der Waals surface area (Å²) in [6.45, 7) is 5.04. The fourth-order valence-electron chi connectivity index (χ4n) is 3.24. The highest BCUT2D eigenvalue weighted by atomic mass is 16.1. The van der Waals surface area contributed by atoms with Crippen molar-refractivity contribution >= 4 is 5.78 Å². The molecule has 134 valence electrons. The molecule has 0 saturated heterocycles. The molecule has 3 rings (SSSR count). The summed E-state index contributed by atoms with van der Waals surface area (Å²) in [6.07, 6.45) is 3.02. The summed E-state index contributed by atoms with van der Waals surface area (Å²) in [6, 6.07) is 24.5. The number of hydrogen-bond donors (Lipinski definition) is 0. The van der Waals surface area contributed by atoms with Crippen LogP contribution in [0.25, 0.3) is 0 Å². The van der Waals surface area contributed by atoms with Crippen molar-refractivity contribution in [2.24, 2.45) is 0 Å². The summed E-state index contributed by atoms with van der Waals surface area (Å²) in [7, 11) is 0. The molecule has 3 nitrogen and oxygen atoms in total. The molecule has 0 aliphatic carbocycles. The number of ketones is 1. The summed E-state index contributed by atoms with van der Waals surface area (Å²) >= 11 is 0. The summed E-state index contributed by atoms with van der Waals surface area (Å²) in [4.78, 5) is 15.2. The number of aromatic nitrogens is 1. The van der Waals surface area contributed by atoms with Gasteiger partial charge >= 0.3 is 0 Å². The lowest BCUT2D eigenvalue weighted by Crippen LogP contribution is -2.31. The summed E-state index contributed by atoms with van der Waals surface area (Å²) in [5, 5.41) is 0. The van der Waals surface area contributed by atoms with Crippen molar-refractivity contribution in [1.29, 1.82) is 0 Å². The number of Topliss-reactive ketones (excluding diaryl/α,β-unsaturated/α-hetero) is 1. The first-order valence-corrected chi connectivity index (χ1v) is 9.25. The quantitative estimate of drug-likeness (QED) is 0.528. The fourth-order valence-corrected chi connectivity index (χ4v) is 3.24. The maximum atomic E-state index is 12.9. The summed E-state index contributed by atoms with van der Waals surface area (Å²) < 4.78 is 2.05. The molecule has 0 amide bonds. The van der Waals surface area contributed by atoms with E-state index in [2.05, 4.69) is 36.1 Å². The van der Waals surface area contributed by atoms with Gasteiger partial charge in [-0.15, -0.1) is 0 Å². The second-order valence-corrected chi connectivity index (χ2v) is 6.63. The first kappa shape index (κ1) is 18.2. The number of benzene rings is 2. The van der Waals surface area contributed by atoms with Crippen molar-refractivity contribution in [3.8, 4) is 0 Å². The van der Waals surface area contributed by atoms with Crippen LogP contribution < -0.4 is 0 Å². The number of carbonyl (C=O) groups is 1. The zero-order chi connectivity index (χ0) is 18.2. The third kappa shape index (κ3) is 4.93. The fraction of sp³-hybridized carbons (Fsp3) is 0.261. The van der Waals surface area contributed by atoms with E-state index >= 15 is 0 Å². The van der Waals surface area contributed by atoms with Gasteiger partial charge in [0.15, 0.2) is 5.78 Å². The molecule has 0 spiro atoms. The van der Waals surface area contributed by atoms with Crippen LogP contribution >= 0.6 is 0 Å². The highest BCUT2D eigenvalue weighted by molar-refractivity contribution is 5.96. The van der Waals surface area contributed by atoms with Crippen LogP contribution in [-0.4, -0.2) is 28.3 Å². The highest BCUT2D eigenvalue weighted by Gasteiger charge is 2.15. The Labute approximate surface area is 155 Å². The van der Waals surface area contributed by atoms with Crippen LogP contribution in [0, 0.1) is 0 Å². The molecule has 0 aliphatic heterocycles. The maximum absolute atomic E-state index is 12.9. The predicted octanol–water partition coefficient (Wildman–Crippen LogP) is 4.63. The van der Waals surface area contributed by atoms with Crippen LogP contribution in [0.2, 0.25) is 0 Å². The average Bonchev–Trinajstić information content (AvgIpc) is 3.12. The molecule has 1 heterocycles. The van der Waals surface area contributed by atoms with E-state index in [0.717, 1.165) is 31.7 Å². The van der Waals surface area contributed by atoms with Crippen molar-refractivity contribution in [3.63, 3.8) is 0 Å². The van der Waals surface area contributed by atoms with Gasteiger partial charge in [-0.1, -0.05) is 67.6 Å². The SMILES string of the molecule is CCCN(CC(=O)c1cccn1Cc1ccccc1)Cc1ccccc1. The zero-order valence-corrected chi connectivity index (χ0v) is 15.3. The molecule has 0 atom stereocenters. The molecule has 26 heavy (non-hydrogen) atoms. The van der Waals surface area contributed by atoms with Crippen LogP contribution in [0.15, 0.2) is 79.0 Å². The molecule has 0 bridgehead atoms. The Hall–Kier alpha value is -2.65. The van der Waals surface area contributed by atoms with Crippen molar-refractivity contribution in [2.45, 2.75) is 26.4 Å². The molecule has 0 fully saturated rings. The van der Waals surface area contributed by atoms with Crippen LogP contribution in [0.4, 0.5) is 0 Å². The molecule has 0 aliphatic rings. The Kier molecular flexibility index (Phi) is 6.39. The minimum atomic E-state index is 0.176. The van der Waals surface area contributed by atoms with E-state index in [1.54, 1.807) is 0 Å². The third-order valence-corrected chi connectivity index (χ3v) is 4.47. The first-order chi connectivity index (χ1) is 12.8. The molecule has 2 aromatic carbocycles. The number of rotatable bonds is 9. The van der Waals surface area contributed by atoms with Crippen molar-refractivity contribution < 1.29 is 4.79 Å². The summed E-state index contributed by atoms with van der Waals surface area (Å²) in [5.74, 6) is 0.176. The predicted molar refractivity (Wildman–Crippen MR) is 106 cm³/mol. The summed E-state index contributed by atoms with van der Waals surface area (Å²) in [5.41, 5.74) is 3.23. The van der Waals surface area contributed by atoms with Gasteiger partial charge in [-0.05, 0) is 36.2 Å². The second-order valence-electron chi connectivity index (χ2n) is 6.63. The highest BCUT2D eigenvalue weighted by Crippen LogP contribution is 2.11. The van der Waals surface area contributed by atoms with Crippen LogP contribution in [0.1, 0.15) is 35.0 Å². The van der Waals surface area contributed by atoms with Gasteiger partial charge in [0.2, 0.25) is 0 Å². The zero-order valence-electron chi connectivity index (χ0n) is 15.3. The minimum Gasteiger partial charge on any atom is -0.341 e. The Balaban J connectivity index is 1.69. The van der Waals surface area contributed by atoms with Crippen LogP contribution in [0.3, 0.4) is 0 Å². The Morgan fingerprint density at radius 3 is 2.19 bits per heavy atom. The van der Waals surface area contributed by atoms with E-state index < -0.39 is 0 Å². The maximum Gasteiger partial charge on any atom is 0.193 e. The normalized spacial score (nSPS) is 11.0. The lowest BCUT2D eigenvalue weighted by Gasteiger charge is -2.21. The molecule has 0 unspecified atom stereocenters. The van der Waals surface area contributed by atoms with Gasteiger partial charge in [-0.25, -0.2) is 0 Å². The van der Waals surface area contributed by atoms with Gasteiger partial charge in [0.25, 0.3) is 0 Å². The molecule has 0 saturated carbocycles. The largest absolute Gasteiger partial charge is 0.341 e. The van der Waals surface area contributed by atoms with Crippen molar-refractivity contribution in [3.05, 3.63) is 95.8 Å². The van der Waals surface area contributed by atoms with E-state index in [0.29, 0.717) is 6.54 Å². The van der Waals surface area contributed by atoms with Crippen LogP contribution in [0.5, 0.6) is 0 Å². The Bertz CT molecular complexity index is 808. The number of nitrogens with zero attached hydrogens (tertiary/aromatic N) is 2. The molecular formula is C23H26N2O. The molecule has 3 aromatic rings.